The van der Waals surface area contributed by atoms with Crippen LogP contribution in [0.2, 0.25) is 0 Å². The molecular formula is C24H20N4O3. The lowest BCUT2D eigenvalue weighted by atomic mass is 10.1. The predicted molar refractivity (Wildman–Crippen MR) is 117 cm³/mol. The number of ether oxygens (including phenoxy) is 1. The van der Waals surface area contributed by atoms with Crippen molar-refractivity contribution >= 4 is 28.7 Å². The summed E-state index contributed by atoms with van der Waals surface area (Å²) in [6.07, 6.45) is 0.136. The molecule has 0 saturated carbocycles. The Morgan fingerprint density at radius 1 is 1.03 bits per heavy atom. The van der Waals surface area contributed by atoms with Gasteiger partial charge in [0, 0.05) is 6.42 Å². The first-order valence-electron chi connectivity index (χ1n) is 9.98. The fraction of sp³-hybridized carbons (Fsp3) is 0.125. The Kier molecular flexibility index (Phi) is 4.63. The number of H-pyrrole nitrogens is 1. The van der Waals surface area contributed by atoms with Crippen molar-refractivity contribution in [1.82, 2.24) is 9.97 Å². The Morgan fingerprint density at radius 3 is 2.61 bits per heavy atom. The Balaban J connectivity index is 1.50. The first kappa shape index (κ1) is 18.9. The van der Waals surface area contributed by atoms with Gasteiger partial charge in [-0.25, -0.2) is 9.78 Å². The Bertz CT molecular complexity index is 1280. The third-order valence-corrected chi connectivity index (χ3v) is 5.49. The topological polar surface area (TPSA) is 101 Å². The van der Waals surface area contributed by atoms with Crippen molar-refractivity contribution in [2.45, 2.75) is 19.1 Å². The van der Waals surface area contributed by atoms with E-state index in [-0.39, 0.29) is 12.6 Å². The minimum absolute atomic E-state index is 0.178. The average molecular weight is 412 g/mol. The molecular weight excluding hydrogens is 392 g/mol. The van der Waals surface area contributed by atoms with E-state index >= 15 is 0 Å². The summed E-state index contributed by atoms with van der Waals surface area (Å²) in [5.74, 6) is 0.0362. The Labute approximate surface area is 178 Å². The molecule has 2 amide bonds. The molecule has 154 valence electrons. The van der Waals surface area contributed by atoms with Crippen LogP contribution in [0.3, 0.4) is 0 Å². The molecule has 0 saturated heterocycles. The van der Waals surface area contributed by atoms with Crippen LogP contribution in [0.1, 0.15) is 33.4 Å². The van der Waals surface area contributed by atoms with Crippen molar-refractivity contribution in [2.24, 2.45) is 5.73 Å². The highest BCUT2D eigenvalue weighted by molar-refractivity contribution is 6.04. The van der Waals surface area contributed by atoms with E-state index in [9.17, 15) is 9.59 Å². The summed E-state index contributed by atoms with van der Waals surface area (Å²) in [6, 6.07) is 22.1. The first-order valence-corrected chi connectivity index (χ1v) is 9.98. The molecule has 2 heterocycles. The van der Waals surface area contributed by atoms with Gasteiger partial charge in [-0.1, -0.05) is 54.6 Å². The molecule has 1 aromatic heterocycles. The summed E-state index contributed by atoms with van der Waals surface area (Å²) < 4.78 is 5.63. The van der Waals surface area contributed by atoms with Gasteiger partial charge in [-0.05, 0) is 29.3 Å². The maximum atomic E-state index is 13.1. The fourth-order valence-electron chi connectivity index (χ4n) is 4.03. The van der Waals surface area contributed by atoms with Gasteiger partial charge in [-0.2, -0.15) is 0 Å². The summed E-state index contributed by atoms with van der Waals surface area (Å²) in [6.45, 7) is 0.178. The molecule has 0 radical (unpaired) electrons. The number of primary amides is 1. The zero-order chi connectivity index (χ0) is 21.4. The van der Waals surface area contributed by atoms with E-state index < -0.39 is 12.0 Å². The van der Waals surface area contributed by atoms with Gasteiger partial charge < -0.3 is 15.5 Å². The van der Waals surface area contributed by atoms with Gasteiger partial charge in [0.1, 0.15) is 24.0 Å². The summed E-state index contributed by atoms with van der Waals surface area (Å²) in [5.41, 5.74) is 9.77. The third kappa shape index (κ3) is 3.40. The van der Waals surface area contributed by atoms with E-state index in [0.29, 0.717) is 28.8 Å². The average Bonchev–Trinajstić information content (AvgIpc) is 3.39. The molecule has 5 rings (SSSR count). The number of anilines is 1. The zero-order valence-corrected chi connectivity index (χ0v) is 16.6. The van der Waals surface area contributed by atoms with Crippen LogP contribution in [0.5, 0.6) is 0 Å². The molecule has 3 aromatic carbocycles. The molecule has 7 heteroatoms. The number of amides is 2. The van der Waals surface area contributed by atoms with Crippen LogP contribution in [0.25, 0.3) is 11.0 Å². The second-order valence-electron chi connectivity index (χ2n) is 7.45. The number of aromatic nitrogens is 2. The van der Waals surface area contributed by atoms with Crippen LogP contribution in [0, 0.1) is 0 Å². The highest BCUT2D eigenvalue weighted by Crippen LogP contribution is 2.40. The number of rotatable bonds is 4. The number of nitrogens with one attached hydrogen (secondary N) is 1. The van der Waals surface area contributed by atoms with Gasteiger partial charge >= 0.3 is 6.09 Å². The molecule has 1 unspecified atom stereocenters. The molecule has 1 atom stereocenters. The van der Waals surface area contributed by atoms with Crippen molar-refractivity contribution in [3.63, 3.8) is 0 Å². The van der Waals surface area contributed by atoms with E-state index in [4.69, 9.17) is 10.5 Å². The van der Waals surface area contributed by atoms with Gasteiger partial charge in [-0.15, -0.1) is 0 Å². The minimum Gasteiger partial charge on any atom is -0.444 e. The molecule has 1 aliphatic rings. The molecule has 0 bridgehead atoms. The summed E-state index contributed by atoms with van der Waals surface area (Å²) in [5, 5.41) is 0. The van der Waals surface area contributed by atoms with Crippen LogP contribution >= 0.6 is 0 Å². The van der Waals surface area contributed by atoms with Crippen LogP contribution in [0.15, 0.2) is 72.8 Å². The molecule has 31 heavy (non-hydrogen) atoms. The highest BCUT2D eigenvalue weighted by atomic mass is 16.6. The monoisotopic (exact) mass is 412 g/mol. The lowest BCUT2D eigenvalue weighted by molar-refractivity contribution is 0.100. The van der Waals surface area contributed by atoms with Gasteiger partial charge in [0.05, 0.1) is 16.8 Å². The number of hydrogen-bond acceptors (Lipinski definition) is 4. The van der Waals surface area contributed by atoms with Crippen molar-refractivity contribution in [3.05, 3.63) is 95.3 Å². The Morgan fingerprint density at radius 2 is 1.81 bits per heavy atom. The number of para-hydroxylation sites is 2. The maximum Gasteiger partial charge on any atom is 0.415 e. The Hall–Kier alpha value is -4.13. The highest BCUT2D eigenvalue weighted by Gasteiger charge is 2.37. The number of nitrogens with two attached hydrogens (primary N) is 1. The molecule has 0 spiro atoms. The van der Waals surface area contributed by atoms with E-state index in [2.05, 4.69) is 9.97 Å². The lowest BCUT2D eigenvalue weighted by Crippen LogP contribution is -2.33. The van der Waals surface area contributed by atoms with Crippen LogP contribution in [-0.2, 0) is 17.8 Å². The van der Waals surface area contributed by atoms with Gasteiger partial charge in [0.2, 0.25) is 0 Å². The summed E-state index contributed by atoms with van der Waals surface area (Å²) in [7, 11) is 0. The maximum absolute atomic E-state index is 13.1. The standard InChI is InChI=1S/C24H20N4O3/c25-22(29)17-10-6-11-18-21(17)27-23(26-18)20-13-16-9-4-5-12-19(16)28(20)24(30)31-14-15-7-2-1-3-8-15/h1-12,20H,13-14H2,(H2,25,29)(H,26,27). The normalized spacial score (nSPS) is 15.1. The van der Waals surface area contributed by atoms with Crippen LogP contribution < -0.4 is 10.6 Å². The van der Waals surface area contributed by atoms with E-state index in [0.717, 1.165) is 16.8 Å². The van der Waals surface area contributed by atoms with Crippen molar-refractivity contribution in [1.29, 1.82) is 0 Å². The van der Waals surface area contributed by atoms with E-state index in [1.807, 2.05) is 60.7 Å². The second kappa shape index (κ2) is 7.60. The van der Waals surface area contributed by atoms with Gasteiger partial charge in [0.25, 0.3) is 5.91 Å². The number of nitrogens with zero attached hydrogens (tertiary/aromatic N) is 2. The molecule has 1 aliphatic heterocycles. The number of fused-ring (bicyclic) bond motifs is 2. The summed E-state index contributed by atoms with van der Waals surface area (Å²) >= 11 is 0. The number of aromatic amines is 1. The SMILES string of the molecule is NC(=O)c1cccc2[nH]c(C3Cc4ccccc4N3C(=O)OCc3ccccc3)nc12. The quantitative estimate of drug-likeness (QED) is 0.527. The minimum atomic E-state index is -0.544. The number of imidazole rings is 1. The van der Waals surface area contributed by atoms with E-state index in [1.165, 1.54) is 0 Å². The smallest absolute Gasteiger partial charge is 0.415 e. The van der Waals surface area contributed by atoms with E-state index in [1.54, 1.807) is 17.0 Å². The lowest BCUT2D eigenvalue weighted by Gasteiger charge is -2.23. The van der Waals surface area contributed by atoms with Gasteiger partial charge in [-0.3, -0.25) is 9.69 Å². The molecule has 0 aliphatic carbocycles. The third-order valence-electron chi connectivity index (χ3n) is 5.49. The predicted octanol–water partition coefficient (Wildman–Crippen LogP) is 4.10. The molecule has 3 N–H and O–H groups in total. The fourth-order valence-corrected chi connectivity index (χ4v) is 4.03. The van der Waals surface area contributed by atoms with Crippen LogP contribution in [-0.4, -0.2) is 22.0 Å². The van der Waals surface area contributed by atoms with Crippen molar-refractivity contribution in [2.75, 3.05) is 4.90 Å². The molecule has 0 fully saturated rings. The molecule has 7 nitrogen and oxygen atoms in total. The number of hydrogen-bond donors (Lipinski definition) is 2. The largest absolute Gasteiger partial charge is 0.444 e. The number of carbonyl (C=O) groups is 2. The zero-order valence-electron chi connectivity index (χ0n) is 16.6. The second-order valence-corrected chi connectivity index (χ2v) is 7.45. The molecule has 4 aromatic rings. The number of carbonyl (C=O) groups excluding carboxylic acids is 2. The first-order chi connectivity index (χ1) is 15.1. The van der Waals surface area contributed by atoms with Gasteiger partial charge in [0.15, 0.2) is 0 Å². The van der Waals surface area contributed by atoms with Crippen LogP contribution in [0.4, 0.5) is 10.5 Å². The van der Waals surface area contributed by atoms with Crippen molar-refractivity contribution in [3.8, 4) is 0 Å². The number of benzene rings is 3. The van der Waals surface area contributed by atoms with Crippen molar-refractivity contribution < 1.29 is 14.3 Å². The summed E-state index contributed by atoms with van der Waals surface area (Å²) in [4.78, 5) is 34.5.